The molecule has 2 aromatic heterocycles. The highest BCUT2D eigenvalue weighted by Crippen LogP contribution is 2.37. The van der Waals surface area contributed by atoms with Gasteiger partial charge in [-0.2, -0.15) is 17.6 Å². The van der Waals surface area contributed by atoms with Gasteiger partial charge in [-0.05, 0) is 18.2 Å². The molecule has 0 unspecified atom stereocenters. The molecule has 3 aromatic rings. The summed E-state index contributed by atoms with van der Waals surface area (Å²) in [7, 11) is 0. The number of alkyl halides is 4. The second-order valence-electron chi connectivity index (χ2n) is 5.68. The first kappa shape index (κ1) is 21.3. The molecule has 12 heteroatoms. The van der Waals surface area contributed by atoms with E-state index in [2.05, 4.69) is 19.4 Å². The van der Waals surface area contributed by atoms with E-state index in [0.29, 0.717) is 5.69 Å². The first-order valence-corrected chi connectivity index (χ1v) is 9.08. The van der Waals surface area contributed by atoms with Crippen molar-refractivity contribution in [3.8, 4) is 11.5 Å². The number of aromatic carboxylic acids is 1. The van der Waals surface area contributed by atoms with Crippen molar-refractivity contribution in [3.63, 3.8) is 0 Å². The van der Waals surface area contributed by atoms with Crippen LogP contribution in [0.2, 0.25) is 0 Å². The number of carboxylic acid groups (broad SMARTS) is 1. The monoisotopic (exact) mass is 443 g/mol. The number of pyridine rings is 1. The Kier molecular flexibility index (Phi) is 6.67. The zero-order chi connectivity index (χ0) is 21.7. The van der Waals surface area contributed by atoms with Crippen LogP contribution < -0.4 is 14.4 Å². The third-order valence-electron chi connectivity index (χ3n) is 3.75. The lowest BCUT2D eigenvalue weighted by molar-refractivity contribution is -0.0692. The number of halogens is 4. The molecule has 0 amide bonds. The lowest BCUT2D eigenvalue weighted by Gasteiger charge is -2.25. The van der Waals surface area contributed by atoms with E-state index in [1.807, 2.05) is 0 Å². The van der Waals surface area contributed by atoms with Crippen molar-refractivity contribution in [2.45, 2.75) is 19.8 Å². The Bertz CT molecular complexity index is 1000. The number of aromatic nitrogens is 2. The number of hydrogen-bond donors (Lipinski definition) is 1. The molecule has 1 N–H and O–H groups in total. The summed E-state index contributed by atoms with van der Waals surface area (Å²) in [4.78, 5) is 21.5. The van der Waals surface area contributed by atoms with Gasteiger partial charge in [-0.3, -0.25) is 9.97 Å². The highest BCUT2D eigenvalue weighted by Gasteiger charge is 2.20. The Hall–Kier alpha value is -3.41. The van der Waals surface area contributed by atoms with Crippen molar-refractivity contribution in [1.82, 2.24) is 9.97 Å². The van der Waals surface area contributed by atoms with Crippen molar-refractivity contribution < 1.29 is 36.9 Å². The largest absolute Gasteiger partial charge is 0.478 e. The molecule has 0 aliphatic rings. The normalized spacial score (nSPS) is 11.0. The number of rotatable bonds is 9. The third-order valence-corrected chi connectivity index (χ3v) is 4.52. The molecule has 0 saturated carbocycles. The summed E-state index contributed by atoms with van der Waals surface area (Å²) in [6.45, 7) is -6.33. The van der Waals surface area contributed by atoms with Gasteiger partial charge in [0, 0.05) is 29.0 Å². The van der Waals surface area contributed by atoms with Crippen LogP contribution in [0.5, 0.6) is 11.5 Å². The van der Waals surface area contributed by atoms with Gasteiger partial charge in [-0.25, -0.2) is 4.79 Å². The van der Waals surface area contributed by atoms with Gasteiger partial charge in [0.25, 0.3) is 0 Å². The molecule has 2 heterocycles. The molecule has 0 spiro atoms. The Balaban J connectivity index is 2.06. The summed E-state index contributed by atoms with van der Waals surface area (Å²) >= 11 is 1.31. The summed E-state index contributed by atoms with van der Waals surface area (Å²) in [5, 5.41) is 9.22. The molecule has 1 aromatic carbocycles. The molecule has 7 nitrogen and oxygen atoms in total. The summed E-state index contributed by atoms with van der Waals surface area (Å²) in [5.74, 6) is -2.37. The molecule has 30 heavy (non-hydrogen) atoms. The smallest absolute Gasteiger partial charge is 0.387 e. The van der Waals surface area contributed by atoms with Gasteiger partial charge in [0.1, 0.15) is 0 Å². The fraction of sp³-hybridized carbons (Fsp3) is 0.167. The van der Waals surface area contributed by atoms with Gasteiger partial charge in [0.15, 0.2) is 11.5 Å². The highest BCUT2D eigenvalue weighted by molar-refractivity contribution is 7.09. The predicted molar refractivity (Wildman–Crippen MR) is 98.9 cm³/mol. The first-order valence-electron chi connectivity index (χ1n) is 8.20. The summed E-state index contributed by atoms with van der Waals surface area (Å²) in [5.41, 5.74) is 2.08. The van der Waals surface area contributed by atoms with Crippen LogP contribution in [0, 0.1) is 0 Å². The van der Waals surface area contributed by atoms with Crippen LogP contribution in [0.4, 0.5) is 28.9 Å². The van der Waals surface area contributed by atoms with Gasteiger partial charge >= 0.3 is 19.2 Å². The van der Waals surface area contributed by atoms with E-state index in [1.54, 1.807) is 16.6 Å². The lowest BCUT2D eigenvalue weighted by Crippen LogP contribution is -2.17. The summed E-state index contributed by atoms with van der Waals surface area (Å²) in [6, 6.07) is 4.85. The van der Waals surface area contributed by atoms with Crippen LogP contribution in [0.1, 0.15) is 15.2 Å². The number of thiazole rings is 1. The average Bonchev–Trinajstić information content (AvgIpc) is 3.20. The Morgan fingerprint density at radius 1 is 1.00 bits per heavy atom. The predicted octanol–water partition coefficient (Wildman–Crippen LogP) is 4.78. The number of hydrogen-bond acceptors (Lipinski definition) is 7. The molecule has 0 saturated heterocycles. The first-order chi connectivity index (χ1) is 14.3. The maximum absolute atomic E-state index is 12.8. The Labute approximate surface area is 171 Å². The van der Waals surface area contributed by atoms with E-state index >= 15 is 0 Å². The second kappa shape index (κ2) is 9.39. The number of carboxylic acids is 1. The summed E-state index contributed by atoms with van der Waals surface area (Å²) < 4.78 is 59.3. The van der Waals surface area contributed by atoms with E-state index in [9.17, 15) is 27.5 Å². The zero-order valence-corrected chi connectivity index (χ0v) is 15.7. The van der Waals surface area contributed by atoms with Crippen molar-refractivity contribution in [2.75, 3.05) is 4.90 Å². The number of nitrogens with zero attached hydrogens (tertiary/aromatic N) is 3. The van der Waals surface area contributed by atoms with Crippen LogP contribution >= 0.6 is 11.3 Å². The average molecular weight is 443 g/mol. The maximum atomic E-state index is 12.8. The third kappa shape index (κ3) is 5.35. The second-order valence-corrected chi connectivity index (χ2v) is 6.65. The Morgan fingerprint density at radius 3 is 2.37 bits per heavy atom. The standard InChI is InChI=1S/C18H13F4N3O4S/c19-17(20)28-14-2-1-11(4-15(14)29-18(21)22)25(8-13-7-24-9-30-13)12-3-10(16(26)27)5-23-6-12/h1-7,9,17-18H,8H2,(H,26,27). The van der Waals surface area contributed by atoms with Crippen LogP contribution in [0.15, 0.2) is 48.4 Å². The van der Waals surface area contributed by atoms with Crippen molar-refractivity contribution in [2.24, 2.45) is 0 Å². The fourth-order valence-electron chi connectivity index (χ4n) is 2.55. The number of benzene rings is 1. The van der Waals surface area contributed by atoms with Gasteiger partial charge in [0.2, 0.25) is 0 Å². The molecule has 0 fully saturated rings. The molecular formula is C18H13F4N3O4S. The molecule has 158 valence electrons. The minimum Gasteiger partial charge on any atom is -0.478 e. The Morgan fingerprint density at radius 2 is 1.73 bits per heavy atom. The lowest BCUT2D eigenvalue weighted by atomic mass is 10.2. The molecule has 0 atom stereocenters. The minimum absolute atomic E-state index is 0.0940. The van der Waals surface area contributed by atoms with Crippen molar-refractivity contribution in [1.29, 1.82) is 0 Å². The zero-order valence-electron chi connectivity index (χ0n) is 14.9. The molecule has 3 rings (SSSR count). The number of anilines is 2. The van der Waals surface area contributed by atoms with E-state index in [1.165, 1.54) is 29.7 Å². The van der Waals surface area contributed by atoms with Gasteiger partial charge in [-0.1, -0.05) is 0 Å². The van der Waals surface area contributed by atoms with Crippen molar-refractivity contribution >= 4 is 28.7 Å². The van der Waals surface area contributed by atoms with Crippen molar-refractivity contribution in [3.05, 3.63) is 58.8 Å². The van der Waals surface area contributed by atoms with Crippen LogP contribution in [0.25, 0.3) is 0 Å². The highest BCUT2D eigenvalue weighted by atomic mass is 32.1. The molecular weight excluding hydrogens is 430 g/mol. The quantitative estimate of drug-likeness (QED) is 0.477. The van der Waals surface area contributed by atoms with Gasteiger partial charge in [-0.15, -0.1) is 11.3 Å². The molecule has 0 radical (unpaired) electrons. The molecule has 0 aliphatic carbocycles. The topological polar surface area (TPSA) is 84.8 Å². The van der Waals surface area contributed by atoms with Gasteiger partial charge in [0.05, 0.1) is 29.5 Å². The van der Waals surface area contributed by atoms with E-state index in [4.69, 9.17) is 0 Å². The number of ether oxygens (including phenoxy) is 2. The van der Waals surface area contributed by atoms with Gasteiger partial charge < -0.3 is 19.5 Å². The van der Waals surface area contributed by atoms with E-state index in [-0.39, 0.29) is 17.8 Å². The SMILES string of the molecule is O=C(O)c1cncc(N(Cc2cncs2)c2ccc(OC(F)F)c(OC(F)F)c2)c1. The maximum Gasteiger partial charge on any atom is 0.387 e. The number of carbonyl (C=O) groups is 1. The summed E-state index contributed by atoms with van der Waals surface area (Å²) in [6.07, 6.45) is 4.11. The van der Waals surface area contributed by atoms with E-state index < -0.39 is 30.7 Å². The fourth-order valence-corrected chi connectivity index (χ4v) is 3.13. The van der Waals surface area contributed by atoms with Crippen LogP contribution in [-0.2, 0) is 6.54 Å². The minimum atomic E-state index is -3.27. The molecule has 0 aliphatic heterocycles. The molecule has 0 bridgehead atoms. The van der Waals surface area contributed by atoms with Crippen LogP contribution in [-0.4, -0.2) is 34.3 Å². The van der Waals surface area contributed by atoms with E-state index in [0.717, 1.165) is 23.2 Å². The van der Waals surface area contributed by atoms with Crippen LogP contribution in [0.3, 0.4) is 0 Å².